The summed E-state index contributed by atoms with van der Waals surface area (Å²) in [6, 6.07) is 6.29. The summed E-state index contributed by atoms with van der Waals surface area (Å²) in [7, 11) is 0. The van der Waals surface area contributed by atoms with Crippen molar-refractivity contribution in [3.63, 3.8) is 0 Å². The average molecular weight is 347 g/mol. The zero-order valence-electron chi connectivity index (χ0n) is 14.8. The Morgan fingerprint density at radius 2 is 1.92 bits per heavy atom. The van der Waals surface area contributed by atoms with Crippen LogP contribution in [-0.4, -0.2) is 27.3 Å². The van der Waals surface area contributed by atoms with E-state index in [1.807, 2.05) is 13.8 Å². The standard InChI is InChI=1S/C19H26FN3O2/c1-3-17-22-19(25-23-17)14-6-10-16(11-7-14)21-12(2)18(24)13-4-8-15(20)9-5-13/h4-5,8-9,12,14,16,18,21,24H,3,6-7,10-11H2,1-2H3. The van der Waals surface area contributed by atoms with E-state index in [-0.39, 0.29) is 11.9 Å². The van der Waals surface area contributed by atoms with Crippen LogP contribution in [0.1, 0.15) is 68.8 Å². The van der Waals surface area contributed by atoms with E-state index in [1.165, 1.54) is 12.1 Å². The van der Waals surface area contributed by atoms with Crippen LogP contribution in [0, 0.1) is 5.82 Å². The van der Waals surface area contributed by atoms with Crippen LogP contribution >= 0.6 is 0 Å². The molecule has 2 N–H and O–H groups in total. The zero-order chi connectivity index (χ0) is 17.8. The summed E-state index contributed by atoms with van der Waals surface area (Å²) in [6.45, 7) is 3.98. The van der Waals surface area contributed by atoms with Gasteiger partial charge in [0.05, 0.1) is 6.10 Å². The van der Waals surface area contributed by atoms with Crippen molar-refractivity contribution >= 4 is 0 Å². The molecule has 1 aliphatic carbocycles. The SMILES string of the molecule is CCc1noc(C2CCC(NC(C)C(O)c3ccc(F)cc3)CC2)n1. The van der Waals surface area contributed by atoms with Crippen molar-refractivity contribution in [2.75, 3.05) is 0 Å². The second kappa shape index (κ2) is 8.06. The lowest BCUT2D eigenvalue weighted by Gasteiger charge is -2.31. The lowest BCUT2D eigenvalue weighted by Crippen LogP contribution is -2.41. The maximum atomic E-state index is 13.0. The molecule has 3 rings (SSSR count). The highest BCUT2D eigenvalue weighted by Gasteiger charge is 2.28. The number of hydrogen-bond acceptors (Lipinski definition) is 5. The highest BCUT2D eigenvalue weighted by molar-refractivity contribution is 5.19. The van der Waals surface area contributed by atoms with E-state index in [2.05, 4.69) is 15.5 Å². The second-order valence-electron chi connectivity index (χ2n) is 6.90. The highest BCUT2D eigenvalue weighted by atomic mass is 19.1. The maximum absolute atomic E-state index is 13.0. The van der Waals surface area contributed by atoms with E-state index in [9.17, 15) is 9.50 Å². The van der Waals surface area contributed by atoms with Gasteiger partial charge in [0, 0.05) is 24.4 Å². The van der Waals surface area contributed by atoms with Gasteiger partial charge in [-0.05, 0) is 50.3 Å². The van der Waals surface area contributed by atoms with Crippen molar-refractivity contribution in [3.05, 3.63) is 47.4 Å². The van der Waals surface area contributed by atoms with Gasteiger partial charge in [0.15, 0.2) is 5.82 Å². The van der Waals surface area contributed by atoms with Gasteiger partial charge in [-0.2, -0.15) is 4.98 Å². The summed E-state index contributed by atoms with van der Waals surface area (Å²) in [5.74, 6) is 1.58. The third-order valence-corrected chi connectivity index (χ3v) is 5.06. The van der Waals surface area contributed by atoms with E-state index in [1.54, 1.807) is 12.1 Å². The summed E-state index contributed by atoms with van der Waals surface area (Å²) < 4.78 is 18.4. The molecular formula is C19H26FN3O2. The lowest BCUT2D eigenvalue weighted by molar-refractivity contribution is 0.123. The third-order valence-electron chi connectivity index (χ3n) is 5.06. The molecule has 1 fully saturated rings. The summed E-state index contributed by atoms with van der Waals surface area (Å²) in [5.41, 5.74) is 0.730. The zero-order valence-corrected chi connectivity index (χ0v) is 14.8. The first-order chi connectivity index (χ1) is 12.1. The Balaban J connectivity index is 1.50. The van der Waals surface area contributed by atoms with Gasteiger partial charge in [0.1, 0.15) is 5.82 Å². The molecule has 0 radical (unpaired) electrons. The Bertz CT molecular complexity index is 666. The topological polar surface area (TPSA) is 71.2 Å². The normalized spacial score (nSPS) is 23.4. The molecule has 136 valence electrons. The van der Waals surface area contributed by atoms with Crippen molar-refractivity contribution in [2.24, 2.45) is 0 Å². The van der Waals surface area contributed by atoms with Crippen LogP contribution in [0.4, 0.5) is 4.39 Å². The average Bonchev–Trinajstić information content (AvgIpc) is 3.11. The van der Waals surface area contributed by atoms with Gasteiger partial charge >= 0.3 is 0 Å². The van der Waals surface area contributed by atoms with Crippen molar-refractivity contribution in [1.82, 2.24) is 15.5 Å². The van der Waals surface area contributed by atoms with Crippen LogP contribution in [0.5, 0.6) is 0 Å². The molecule has 5 nitrogen and oxygen atoms in total. The second-order valence-corrected chi connectivity index (χ2v) is 6.90. The first-order valence-corrected chi connectivity index (χ1v) is 9.09. The van der Waals surface area contributed by atoms with Crippen LogP contribution in [-0.2, 0) is 6.42 Å². The maximum Gasteiger partial charge on any atom is 0.229 e. The molecule has 0 bridgehead atoms. The summed E-state index contributed by atoms with van der Waals surface area (Å²) in [5, 5.41) is 17.9. The van der Waals surface area contributed by atoms with Crippen LogP contribution in [0.15, 0.2) is 28.8 Å². The van der Waals surface area contributed by atoms with Crippen LogP contribution in [0.2, 0.25) is 0 Å². The molecule has 25 heavy (non-hydrogen) atoms. The Morgan fingerprint density at radius 1 is 1.24 bits per heavy atom. The fraction of sp³-hybridized carbons (Fsp3) is 0.579. The number of benzene rings is 1. The molecule has 1 heterocycles. The lowest BCUT2D eigenvalue weighted by atomic mass is 9.85. The minimum absolute atomic E-state index is 0.0953. The Hall–Kier alpha value is -1.79. The highest BCUT2D eigenvalue weighted by Crippen LogP contribution is 2.32. The number of aliphatic hydroxyl groups excluding tert-OH is 1. The van der Waals surface area contributed by atoms with Crippen molar-refractivity contribution in [3.8, 4) is 0 Å². The fourth-order valence-corrected chi connectivity index (χ4v) is 3.50. The summed E-state index contributed by atoms with van der Waals surface area (Å²) in [4.78, 5) is 4.44. The molecule has 1 saturated carbocycles. The number of nitrogens with zero attached hydrogens (tertiary/aromatic N) is 2. The number of halogens is 1. The molecular weight excluding hydrogens is 321 g/mol. The Labute approximate surface area is 147 Å². The van der Waals surface area contributed by atoms with Gasteiger partial charge in [-0.25, -0.2) is 4.39 Å². The van der Waals surface area contributed by atoms with Crippen molar-refractivity contribution < 1.29 is 14.0 Å². The molecule has 0 spiro atoms. The monoisotopic (exact) mass is 347 g/mol. The van der Waals surface area contributed by atoms with Crippen LogP contribution < -0.4 is 5.32 Å². The number of rotatable bonds is 6. The quantitative estimate of drug-likeness (QED) is 0.837. The van der Waals surface area contributed by atoms with E-state index in [4.69, 9.17) is 4.52 Å². The number of aromatic nitrogens is 2. The molecule has 6 heteroatoms. The van der Waals surface area contributed by atoms with Gasteiger partial charge < -0.3 is 14.9 Å². The van der Waals surface area contributed by atoms with Gasteiger partial charge in [-0.15, -0.1) is 0 Å². The fourth-order valence-electron chi connectivity index (χ4n) is 3.50. The van der Waals surface area contributed by atoms with E-state index >= 15 is 0 Å². The molecule has 1 aromatic carbocycles. The van der Waals surface area contributed by atoms with Crippen LogP contribution in [0.3, 0.4) is 0 Å². The Morgan fingerprint density at radius 3 is 2.52 bits per heavy atom. The number of aliphatic hydroxyl groups is 1. The molecule has 2 atom stereocenters. The third kappa shape index (κ3) is 4.44. The predicted molar refractivity (Wildman–Crippen MR) is 92.6 cm³/mol. The van der Waals surface area contributed by atoms with E-state index in [0.29, 0.717) is 12.0 Å². The minimum atomic E-state index is -0.652. The molecule has 1 aromatic heterocycles. The van der Waals surface area contributed by atoms with Gasteiger partial charge in [0.2, 0.25) is 5.89 Å². The predicted octanol–water partition coefficient (Wildman–Crippen LogP) is 3.51. The van der Waals surface area contributed by atoms with Crippen molar-refractivity contribution in [2.45, 2.75) is 70.1 Å². The van der Waals surface area contributed by atoms with Crippen LogP contribution in [0.25, 0.3) is 0 Å². The summed E-state index contributed by atoms with van der Waals surface area (Å²) >= 11 is 0. The number of hydrogen-bond donors (Lipinski definition) is 2. The van der Waals surface area contributed by atoms with Gasteiger partial charge in [0.25, 0.3) is 0 Å². The first kappa shape index (κ1) is 18.0. The molecule has 0 saturated heterocycles. The van der Waals surface area contributed by atoms with E-state index in [0.717, 1.165) is 49.4 Å². The molecule has 0 aliphatic heterocycles. The first-order valence-electron chi connectivity index (χ1n) is 9.09. The summed E-state index contributed by atoms with van der Waals surface area (Å²) in [6.07, 6.45) is 4.16. The number of aryl methyl sites for hydroxylation is 1. The molecule has 2 aromatic rings. The van der Waals surface area contributed by atoms with Gasteiger partial charge in [-0.3, -0.25) is 0 Å². The Kier molecular flexibility index (Phi) is 5.81. The van der Waals surface area contributed by atoms with E-state index < -0.39 is 6.10 Å². The smallest absolute Gasteiger partial charge is 0.229 e. The number of nitrogens with one attached hydrogen (secondary N) is 1. The van der Waals surface area contributed by atoms with Gasteiger partial charge in [-0.1, -0.05) is 24.2 Å². The largest absolute Gasteiger partial charge is 0.387 e. The molecule has 0 amide bonds. The molecule has 1 aliphatic rings. The minimum Gasteiger partial charge on any atom is -0.387 e. The van der Waals surface area contributed by atoms with Crippen molar-refractivity contribution in [1.29, 1.82) is 0 Å². The molecule has 2 unspecified atom stereocenters.